The number of ketones is 1. The zero-order chi connectivity index (χ0) is 24.3. The summed E-state index contributed by atoms with van der Waals surface area (Å²) in [6.45, 7) is 3.07. The molecule has 3 aromatic carbocycles. The molecule has 0 saturated carbocycles. The predicted molar refractivity (Wildman–Crippen MR) is 144 cm³/mol. The second kappa shape index (κ2) is 11.3. The Morgan fingerprint density at radius 1 is 0.917 bits per heavy atom. The molecule has 3 fully saturated rings. The van der Waals surface area contributed by atoms with Crippen LogP contribution in [0.1, 0.15) is 42.2 Å². The Kier molecular flexibility index (Phi) is 8.12. The molecular formula is C30H34ClN2O3+. The fourth-order valence-corrected chi connectivity index (χ4v) is 5.58. The van der Waals surface area contributed by atoms with Crippen LogP contribution in [0, 0.1) is 5.92 Å². The molecule has 5 nitrogen and oxygen atoms in total. The summed E-state index contributed by atoms with van der Waals surface area (Å²) >= 11 is 6.04. The Morgan fingerprint density at radius 2 is 1.53 bits per heavy atom. The van der Waals surface area contributed by atoms with E-state index in [1.54, 1.807) is 12.1 Å². The van der Waals surface area contributed by atoms with Gasteiger partial charge in [-0.15, -0.1) is 0 Å². The molecule has 0 amide bonds. The summed E-state index contributed by atoms with van der Waals surface area (Å²) in [7, 11) is 0. The fraction of sp³-hybridized carbons (Fsp3) is 0.333. The van der Waals surface area contributed by atoms with Gasteiger partial charge in [0.25, 0.3) is 0 Å². The normalized spacial score (nSPS) is 23.2. The summed E-state index contributed by atoms with van der Waals surface area (Å²) in [5.74, 6) is 0.206. The third-order valence-corrected chi connectivity index (χ3v) is 7.66. The largest absolute Gasteiger partial charge is 0.454 e. The molecule has 188 valence electrons. The first kappa shape index (κ1) is 25.9. The average Bonchev–Trinajstić information content (AvgIpc) is 2.89. The summed E-state index contributed by atoms with van der Waals surface area (Å²) < 4.78 is 6.89. The van der Waals surface area contributed by atoms with Crippen molar-refractivity contribution < 1.29 is 18.8 Å². The molecule has 36 heavy (non-hydrogen) atoms. The lowest BCUT2D eigenvalue weighted by atomic mass is 9.82. The van der Waals surface area contributed by atoms with Crippen molar-refractivity contribution in [2.45, 2.75) is 32.4 Å². The number of esters is 1. The van der Waals surface area contributed by atoms with E-state index in [-0.39, 0.29) is 25.3 Å². The number of anilines is 1. The van der Waals surface area contributed by atoms with Gasteiger partial charge in [0.2, 0.25) is 5.78 Å². The van der Waals surface area contributed by atoms with E-state index in [4.69, 9.17) is 16.3 Å². The van der Waals surface area contributed by atoms with Crippen molar-refractivity contribution in [3.63, 3.8) is 0 Å². The summed E-state index contributed by atoms with van der Waals surface area (Å²) in [5.41, 5.74) is 2.39. The monoisotopic (exact) mass is 505 g/mol. The van der Waals surface area contributed by atoms with E-state index in [0.717, 1.165) is 42.7 Å². The number of rotatable bonds is 8. The number of Topliss-reactive ketones (excluding diaryl/α,β-unsaturated/α-hetero) is 1. The quantitative estimate of drug-likeness (QED) is 0.226. The zero-order valence-electron chi connectivity index (χ0n) is 19.6. The van der Waals surface area contributed by atoms with E-state index in [1.807, 2.05) is 72.8 Å². The Labute approximate surface area is 218 Å². The summed E-state index contributed by atoms with van der Waals surface area (Å²) in [4.78, 5) is 26.5. The molecule has 0 aromatic heterocycles. The first-order chi connectivity index (χ1) is 17.0. The number of halogens is 1. The van der Waals surface area contributed by atoms with Crippen molar-refractivity contribution in [3.8, 4) is 0 Å². The smallest absolute Gasteiger partial charge is 0.333 e. The molecule has 0 aliphatic carbocycles. The van der Waals surface area contributed by atoms with Crippen LogP contribution < -0.4 is 5.32 Å². The van der Waals surface area contributed by atoms with Crippen LogP contribution in [-0.2, 0) is 9.53 Å². The number of carbonyl (C=O) groups excluding carboxylic acids is 2. The number of fused-ring (bicyclic) bond motifs is 3. The first-order valence-electron chi connectivity index (χ1n) is 12.2. The molecule has 2 atom stereocenters. The van der Waals surface area contributed by atoms with E-state index < -0.39 is 6.04 Å². The highest BCUT2D eigenvalue weighted by Crippen LogP contribution is 2.36. The molecule has 3 heterocycles. The maximum atomic E-state index is 13.5. The number of hydrogen-bond donors (Lipinski definition) is 1. The van der Waals surface area contributed by atoms with Crippen molar-refractivity contribution in [2.75, 3.05) is 31.5 Å². The summed E-state index contributed by atoms with van der Waals surface area (Å²) in [6.07, 6.45) is 1.76. The van der Waals surface area contributed by atoms with Crippen molar-refractivity contribution in [1.29, 1.82) is 0 Å². The molecule has 3 aliphatic rings. The topological polar surface area (TPSA) is 55.4 Å². The molecule has 0 radical (unpaired) electrons. The van der Waals surface area contributed by atoms with E-state index in [1.165, 1.54) is 0 Å². The second-order valence-corrected chi connectivity index (χ2v) is 10.2. The minimum atomic E-state index is -0.632. The molecule has 1 N–H and O–H groups in total. The lowest BCUT2D eigenvalue weighted by Crippen LogP contribution is -2.65. The van der Waals surface area contributed by atoms with Crippen LogP contribution >= 0.6 is 11.6 Å². The molecule has 3 aliphatic heterocycles. The minimum absolute atomic E-state index is 0. The molecule has 3 saturated heterocycles. The van der Waals surface area contributed by atoms with Gasteiger partial charge in [-0.3, -0.25) is 4.79 Å². The molecule has 2 bridgehead atoms. The summed E-state index contributed by atoms with van der Waals surface area (Å²) in [5, 5.41) is 3.97. The van der Waals surface area contributed by atoms with Gasteiger partial charge in [0.15, 0.2) is 12.1 Å². The molecule has 0 spiro atoms. The number of carbonyl (C=O) groups is 2. The van der Waals surface area contributed by atoms with Crippen molar-refractivity contribution in [2.24, 2.45) is 5.92 Å². The van der Waals surface area contributed by atoms with Gasteiger partial charge >= 0.3 is 5.97 Å². The highest BCUT2D eigenvalue weighted by Gasteiger charge is 2.49. The van der Waals surface area contributed by atoms with Gasteiger partial charge in [-0.05, 0) is 29.8 Å². The molecule has 6 heteroatoms. The van der Waals surface area contributed by atoms with Crippen LogP contribution in [0.2, 0.25) is 5.02 Å². The third kappa shape index (κ3) is 5.80. The third-order valence-electron chi connectivity index (χ3n) is 7.41. The van der Waals surface area contributed by atoms with Crippen molar-refractivity contribution >= 4 is 29.0 Å². The van der Waals surface area contributed by atoms with Crippen molar-refractivity contribution in [1.82, 2.24) is 0 Å². The van der Waals surface area contributed by atoms with Crippen LogP contribution in [-0.4, -0.2) is 48.5 Å². The van der Waals surface area contributed by atoms with E-state index >= 15 is 0 Å². The number of nitrogens with zero attached hydrogens (tertiary/aromatic N) is 1. The van der Waals surface area contributed by atoms with Gasteiger partial charge in [0.05, 0.1) is 13.1 Å². The standard InChI is InChI=1S/C29H30ClN2O3.CH4/c30-24-11-13-25(14-12-24)31-28(23-9-5-2-6-10-23)29(34)35-27-20-32(17-15-22(27)16-18-32)19-26(33)21-7-3-1-4-8-21;/h1-14,22,27-28,31H,15-20H2;1H4/q+1;/t22?,27-,28?,32?;/m0./s1. The van der Waals surface area contributed by atoms with Gasteiger partial charge < -0.3 is 14.5 Å². The lowest BCUT2D eigenvalue weighted by molar-refractivity contribution is -0.938. The Morgan fingerprint density at radius 3 is 2.17 bits per heavy atom. The van der Waals surface area contributed by atoms with Crippen LogP contribution in [0.4, 0.5) is 5.69 Å². The van der Waals surface area contributed by atoms with Crippen molar-refractivity contribution in [3.05, 3.63) is 101 Å². The van der Waals surface area contributed by atoms with Crippen LogP contribution in [0.25, 0.3) is 0 Å². The number of ether oxygens (including phenoxy) is 1. The van der Waals surface area contributed by atoms with Crippen LogP contribution in [0.15, 0.2) is 84.9 Å². The van der Waals surface area contributed by atoms with Crippen LogP contribution in [0.5, 0.6) is 0 Å². The van der Waals surface area contributed by atoms with Gasteiger partial charge in [0, 0.05) is 35.0 Å². The maximum absolute atomic E-state index is 13.5. The average molecular weight is 506 g/mol. The van der Waals surface area contributed by atoms with E-state index in [0.29, 0.717) is 28.5 Å². The second-order valence-electron chi connectivity index (χ2n) is 9.73. The van der Waals surface area contributed by atoms with Gasteiger partial charge in [0.1, 0.15) is 13.1 Å². The highest BCUT2D eigenvalue weighted by molar-refractivity contribution is 6.30. The van der Waals surface area contributed by atoms with Gasteiger partial charge in [-0.25, -0.2) is 4.79 Å². The fourth-order valence-electron chi connectivity index (χ4n) is 5.45. The number of nitrogens with one attached hydrogen (secondary N) is 1. The highest BCUT2D eigenvalue weighted by atomic mass is 35.5. The number of benzene rings is 3. The SMILES string of the molecule is C.O=C(C[N+]12CCC(CC1)[C@@H](OC(=O)C(Nc1ccc(Cl)cc1)c1ccccc1)C2)c1ccccc1. The lowest BCUT2D eigenvalue weighted by Gasteiger charge is -2.51. The Balaban J connectivity index is 0.00000304. The van der Waals surface area contributed by atoms with E-state index in [2.05, 4.69) is 5.32 Å². The number of hydrogen-bond acceptors (Lipinski definition) is 4. The summed E-state index contributed by atoms with van der Waals surface area (Å²) in [6, 6.07) is 25.8. The Hall–Kier alpha value is -3.15. The van der Waals surface area contributed by atoms with E-state index in [9.17, 15) is 9.59 Å². The van der Waals surface area contributed by atoms with Gasteiger partial charge in [-0.1, -0.05) is 79.7 Å². The predicted octanol–water partition coefficient (Wildman–Crippen LogP) is 6.16. The zero-order valence-corrected chi connectivity index (χ0v) is 20.4. The molecule has 1 unspecified atom stereocenters. The molecule has 3 aromatic rings. The first-order valence-corrected chi connectivity index (χ1v) is 12.6. The molecule has 6 rings (SSSR count). The number of quaternary nitrogens is 1. The maximum Gasteiger partial charge on any atom is 0.333 e. The molecular weight excluding hydrogens is 472 g/mol. The number of piperidine rings is 3. The van der Waals surface area contributed by atoms with Crippen LogP contribution in [0.3, 0.4) is 0 Å². The Bertz CT molecular complexity index is 1160. The minimum Gasteiger partial charge on any atom is -0.454 e. The van der Waals surface area contributed by atoms with Gasteiger partial charge in [-0.2, -0.15) is 0 Å².